The van der Waals surface area contributed by atoms with E-state index >= 15 is 0 Å². The highest BCUT2D eigenvalue weighted by Crippen LogP contribution is 2.21. The maximum atomic E-state index is 6.16. The van der Waals surface area contributed by atoms with Gasteiger partial charge in [0, 0.05) is 18.4 Å². The molecule has 0 aromatic carbocycles. The quantitative estimate of drug-likeness (QED) is 0.803. The van der Waals surface area contributed by atoms with Crippen molar-refractivity contribution in [3.63, 3.8) is 0 Å². The van der Waals surface area contributed by atoms with Gasteiger partial charge in [-0.05, 0) is 30.4 Å². The van der Waals surface area contributed by atoms with Gasteiger partial charge in [-0.1, -0.05) is 32.8 Å². The highest BCUT2D eigenvalue weighted by Gasteiger charge is 2.10. The van der Waals surface area contributed by atoms with Crippen LogP contribution in [0.2, 0.25) is 0 Å². The second kappa shape index (κ2) is 5.86. The molecule has 0 bridgehead atoms. The van der Waals surface area contributed by atoms with Crippen LogP contribution in [0.3, 0.4) is 0 Å². The van der Waals surface area contributed by atoms with Crippen LogP contribution in [0.1, 0.15) is 50.3 Å². The number of pyridine rings is 1. The van der Waals surface area contributed by atoms with Crippen molar-refractivity contribution >= 4 is 0 Å². The van der Waals surface area contributed by atoms with Crippen molar-refractivity contribution < 1.29 is 0 Å². The Morgan fingerprint density at radius 2 is 2.13 bits per heavy atom. The fourth-order valence-electron chi connectivity index (χ4n) is 1.96. The number of rotatable bonds is 5. The standard InChI is InChI=1S/C13H22N2/c1-4-5-10(2)7-13(14)12-6-11(3)8-15-9-12/h6,8-10,13H,4-5,7,14H2,1-3H3. The van der Waals surface area contributed by atoms with E-state index in [1.165, 1.54) is 18.4 Å². The van der Waals surface area contributed by atoms with Gasteiger partial charge in [0.25, 0.3) is 0 Å². The van der Waals surface area contributed by atoms with Gasteiger partial charge < -0.3 is 5.73 Å². The van der Waals surface area contributed by atoms with Gasteiger partial charge in [0.2, 0.25) is 0 Å². The predicted octanol–water partition coefficient (Wildman–Crippen LogP) is 3.22. The summed E-state index contributed by atoms with van der Waals surface area (Å²) < 4.78 is 0. The smallest absolute Gasteiger partial charge is 0.0315 e. The average molecular weight is 206 g/mol. The minimum absolute atomic E-state index is 0.138. The average Bonchev–Trinajstić information content (AvgIpc) is 2.18. The Hall–Kier alpha value is -0.890. The summed E-state index contributed by atoms with van der Waals surface area (Å²) in [5, 5.41) is 0. The molecule has 0 saturated carbocycles. The van der Waals surface area contributed by atoms with E-state index in [9.17, 15) is 0 Å². The molecular weight excluding hydrogens is 184 g/mol. The number of nitrogens with zero attached hydrogens (tertiary/aromatic N) is 1. The molecule has 2 atom stereocenters. The van der Waals surface area contributed by atoms with Crippen molar-refractivity contribution in [3.05, 3.63) is 29.6 Å². The van der Waals surface area contributed by atoms with Gasteiger partial charge in [-0.3, -0.25) is 4.98 Å². The van der Waals surface area contributed by atoms with Crippen LogP contribution in [0.25, 0.3) is 0 Å². The molecule has 2 unspecified atom stereocenters. The number of aryl methyl sites for hydroxylation is 1. The fraction of sp³-hybridized carbons (Fsp3) is 0.615. The predicted molar refractivity (Wildman–Crippen MR) is 64.6 cm³/mol. The maximum Gasteiger partial charge on any atom is 0.0315 e. The lowest BCUT2D eigenvalue weighted by Gasteiger charge is -2.17. The molecule has 84 valence electrons. The normalized spacial score (nSPS) is 14.9. The summed E-state index contributed by atoms with van der Waals surface area (Å²) in [4.78, 5) is 4.18. The first kappa shape index (κ1) is 12.2. The van der Waals surface area contributed by atoms with Crippen LogP contribution >= 0.6 is 0 Å². The fourth-order valence-corrected chi connectivity index (χ4v) is 1.96. The molecule has 1 aromatic rings. The third-order valence-corrected chi connectivity index (χ3v) is 2.76. The molecule has 0 saturated heterocycles. The van der Waals surface area contributed by atoms with Crippen LogP contribution < -0.4 is 5.73 Å². The zero-order valence-electron chi connectivity index (χ0n) is 10.0. The summed E-state index contributed by atoms with van der Waals surface area (Å²) in [6, 6.07) is 2.27. The molecule has 0 fully saturated rings. The van der Waals surface area contributed by atoms with Crippen molar-refractivity contribution in [3.8, 4) is 0 Å². The lowest BCUT2D eigenvalue weighted by atomic mass is 9.94. The molecule has 0 aliphatic heterocycles. The Morgan fingerprint density at radius 1 is 1.40 bits per heavy atom. The summed E-state index contributed by atoms with van der Waals surface area (Å²) in [7, 11) is 0. The molecule has 2 nitrogen and oxygen atoms in total. The summed E-state index contributed by atoms with van der Waals surface area (Å²) in [6.07, 6.45) is 7.30. The second-order valence-corrected chi connectivity index (χ2v) is 4.53. The monoisotopic (exact) mass is 206 g/mol. The Bertz CT molecular complexity index is 296. The van der Waals surface area contributed by atoms with Crippen molar-refractivity contribution in [1.29, 1.82) is 0 Å². The zero-order valence-corrected chi connectivity index (χ0v) is 10.0. The molecule has 0 spiro atoms. The van der Waals surface area contributed by atoms with E-state index in [-0.39, 0.29) is 6.04 Å². The zero-order chi connectivity index (χ0) is 11.3. The van der Waals surface area contributed by atoms with Gasteiger partial charge in [-0.15, -0.1) is 0 Å². The third kappa shape index (κ3) is 4.00. The van der Waals surface area contributed by atoms with Gasteiger partial charge >= 0.3 is 0 Å². The van der Waals surface area contributed by atoms with E-state index in [2.05, 4.69) is 31.8 Å². The number of hydrogen-bond donors (Lipinski definition) is 1. The molecule has 1 rings (SSSR count). The lowest BCUT2D eigenvalue weighted by Crippen LogP contribution is -2.14. The van der Waals surface area contributed by atoms with Crippen molar-refractivity contribution in [2.45, 2.75) is 46.1 Å². The molecule has 0 aliphatic rings. The van der Waals surface area contributed by atoms with Crippen LogP contribution in [0, 0.1) is 12.8 Å². The molecule has 1 aromatic heterocycles. The number of aromatic nitrogens is 1. The van der Waals surface area contributed by atoms with Crippen LogP contribution in [0.15, 0.2) is 18.5 Å². The van der Waals surface area contributed by atoms with Crippen molar-refractivity contribution in [1.82, 2.24) is 4.98 Å². The van der Waals surface area contributed by atoms with Crippen LogP contribution in [0.5, 0.6) is 0 Å². The molecule has 1 heterocycles. The summed E-state index contributed by atoms with van der Waals surface area (Å²) in [5.74, 6) is 0.700. The Morgan fingerprint density at radius 3 is 2.73 bits per heavy atom. The van der Waals surface area contributed by atoms with E-state index in [0.717, 1.165) is 12.0 Å². The molecule has 0 amide bonds. The molecular formula is C13H22N2. The Balaban J connectivity index is 2.56. The lowest BCUT2D eigenvalue weighted by molar-refractivity contribution is 0.440. The first-order chi connectivity index (χ1) is 7.13. The topological polar surface area (TPSA) is 38.9 Å². The van der Waals surface area contributed by atoms with Crippen LogP contribution in [-0.2, 0) is 0 Å². The minimum atomic E-state index is 0.138. The molecule has 2 heteroatoms. The van der Waals surface area contributed by atoms with Crippen LogP contribution in [0.4, 0.5) is 0 Å². The SMILES string of the molecule is CCCC(C)CC(N)c1cncc(C)c1. The molecule has 15 heavy (non-hydrogen) atoms. The van der Waals surface area contributed by atoms with Crippen LogP contribution in [-0.4, -0.2) is 4.98 Å². The van der Waals surface area contributed by atoms with Gasteiger partial charge in [0.05, 0.1) is 0 Å². The van der Waals surface area contributed by atoms with Gasteiger partial charge in [0.1, 0.15) is 0 Å². The Kier molecular flexibility index (Phi) is 4.76. The summed E-state index contributed by atoms with van der Waals surface area (Å²) in [5.41, 5.74) is 8.51. The third-order valence-electron chi connectivity index (χ3n) is 2.76. The van der Waals surface area contributed by atoms with Crippen molar-refractivity contribution in [2.75, 3.05) is 0 Å². The van der Waals surface area contributed by atoms with Gasteiger partial charge in [0.15, 0.2) is 0 Å². The van der Waals surface area contributed by atoms with E-state index in [4.69, 9.17) is 5.73 Å². The van der Waals surface area contributed by atoms with Gasteiger partial charge in [-0.25, -0.2) is 0 Å². The van der Waals surface area contributed by atoms with Gasteiger partial charge in [-0.2, -0.15) is 0 Å². The molecule has 0 aliphatic carbocycles. The summed E-state index contributed by atoms with van der Waals surface area (Å²) >= 11 is 0. The largest absolute Gasteiger partial charge is 0.324 e. The minimum Gasteiger partial charge on any atom is -0.324 e. The first-order valence-corrected chi connectivity index (χ1v) is 5.80. The van der Waals surface area contributed by atoms with E-state index in [0.29, 0.717) is 5.92 Å². The first-order valence-electron chi connectivity index (χ1n) is 5.80. The highest BCUT2D eigenvalue weighted by atomic mass is 14.7. The maximum absolute atomic E-state index is 6.16. The second-order valence-electron chi connectivity index (χ2n) is 4.53. The molecule has 2 N–H and O–H groups in total. The Labute approximate surface area is 92.9 Å². The number of hydrogen-bond acceptors (Lipinski definition) is 2. The van der Waals surface area contributed by atoms with E-state index in [1.807, 2.05) is 12.4 Å². The van der Waals surface area contributed by atoms with E-state index < -0.39 is 0 Å². The highest BCUT2D eigenvalue weighted by molar-refractivity contribution is 5.19. The molecule has 0 radical (unpaired) electrons. The van der Waals surface area contributed by atoms with Crippen molar-refractivity contribution in [2.24, 2.45) is 11.7 Å². The van der Waals surface area contributed by atoms with E-state index in [1.54, 1.807) is 0 Å². The number of nitrogens with two attached hydrogens (primary N) is 1. The summed E-state index contributed by atoms with van der Waals surface area (Å²) in [6.45, 7) is 6.54.